The number of hydrogen-bond acceptors (Lipinski definition) is 5. The maximum absolute atomic E-state index is 11.5. The SMILES string of the molecule is CCOC(=O)Nc1ccc2cc3ccc(NC)c(CO)c3nc2c1. The monoisotopic (exact) mass is 325 g/mol. The van der Waals surface area contributed by atoms with E-state index in [2.05, 4.69) is 15.6 Å². The number of aromatic nitrogens is 1. The van der Waals surface area contributed by atoms with Crippen LogP contribution in [0.2, 0.25) is 0 Å². The number of nitrogens with one attached hydrogen (secondary N) is 2. The number of benzene rings is 2. The van der Waals surface area contributed by atoms with Crippen molar-refractivity contribution in [3.05, 3.63) is 42.0 Å². The predicted octanol–water partition coefficient (Wildman–Crippen LogP) is 3.49. The first-order valence-electron chi connectivity index (χ1n) is 7.75. The van der Waals surface area contributed by atoms with Crippen molar-refractivity contribution in [2.24, 2.45) is 0 Å². The number of anilines is 2. The number of carbonyl (C=O) groups is 1. The quantitative estimate of drug-likeness (QED) is 0.640. The molecule has 0 atom stereocenters. The lowest BCUT2D eigenvalue weighted by Gasteiger charge is -2.12. The minimum Gasteiger partial charge on any atom is -0.450 e. The van der Waals surface area contributed by atoms with Crippen LogP contribution in [-0.2, 0) is 11.3 Å². The molecule has 3 N–H and O–H groups in total. The molecule has 24 heavy (non-hydrogen) atoms. The summed E-state index contributed by atoms with van der Waals surface area (Å²) in [6.45, 7) is 1.96. The molecule has 0 aliphatic rings. The molecule has 1 aromatic heterocycles. The van der Waals surface area contributed by atoms with Crippen LogP contribution >= 0.6 is 0 Å². The Balaban J connectivity index is 2.11. The van der Waals surface area contributed by atoms with Crippen LogP contribution in [0, 0.1) is 0 Å². The minimum atomic E-state index is -0.494. The Kier molecular flexibility index (Phi) is 4.48. The summed E-state index contributed by atoms with van der Waals surface area (Å²) in [4.78, 5) is 16.2. The molecule has 0 saturated heterocycles. The zero-order chi connectivity index (χ0) is 17.1. The lowest BCUT2D eigenvalue weighted by molar-refractivity contribution is 0.168. The number of amides is 1. The fraction of sp³-hybridized carbons (Fsp3) is 0.222. The molecular formula is C18H19N3O3. The van der Waals surface area contributed by atoms with Gasteiger partial charge in [-0.2, -0.15) is 0 Å². The van der Waals surface area contributed by atoms with E-state index in [0.717, 1.165) is 33.1 Å². The van der Waals surface area contributed by atoms with Gasteiger partial charge in [-0.1, -0.05) is 12.1 Å². The van der Waals surface area contributed by atoms with Gasteiger partial charge in [0.2, 0.25) is 0 Å². The van der Waals surface area contributed by atoms with E-state index in [1.807, 2.05) is 37.4 Å². The second-order valence-electron chi connectivity index (χ2n) is 5.31. The first kappa shape index (κ1) is 16.0. The molecule has 0 aliphatic heterocycles. The van der Waals surface area contributed by atoms with E-state index in [0.29, 0.717) is 12.3 Å². The first-order valence-corrected chi connectivity index (χ1v) is 7.75. The molecule has 1 amide bonds. The van der Waals surface area contributed by atoms with Gasteiger partial charge in [0.1, 0.15) is 0 Å². The zero-order valence-corrected chi connectivity index (χ0v) is 13.6. The van der Waals surface area contributed by atoms with Gasteiger partial charge in [-0.3, -0.25) is 5.32 Å². The molecule has 3 rings (SSSR count). The van der Waals surface area contributed by atoms with Crippen LogP contribution in [0.15, 0.2) is 36.4 Å². The highest BCUT2D eigenvalue weighted by Gasteiger charge is 2.10. The normalized spacial score (nSPS) is 10.8. The molecule has 0 unspecified atom stereocenters. The second kappa shape index (κ2) is 6.72. The fourth-order valence-electron chi connectivity index (χ4n) is 2.71. The van der Waals surface area contributed by atoms with Gasteiger partial charge in [0.15, 0.2) is 0 Å². The van der Waals surface area contributed by atoms with Crippen molar-refractivity contribution in [1.29, 1.82) is 0 Å². The van der Waals surface area contributed by atoms with Crippen molar-refractivity contribution in [2.75, 3.05) is 24.3 Å². The Morgan fingerprint density at radius 3 is 2.71 bits per heavy atom. The summed E-state index contributed by atoms with van der Waals surface area (Å²) in [6.07, 6.45) is -0.494. The molecule has 6 heteroatoms. The number of ether oxygens (including phenoxy) is 1. The topological polar surface area (TPSA) is 83.5 Å². The molecule has 0 bridgehead atoms. The lowest BCUT2D eigenvalue weighted by atomic mass is 10.1. The highest BCUT2D eigenvalue weighted by molar-refractivity contribution is 5.98. The molecule has 0 saturated carbocycles. The van der Waals surface area contributed by atoms with Crippen molar-refractivity contribution in [2.45, 2.75) is 13.5 Å². The van der Waals surface area contributed by atoms with Crippen molar-refractivity contribution >= 4 is 39.3 Å². The maximum atomic E-state index is 11.5. The molecule has 3 aromatic rings. The minimum absolute atomic E-state index is 0.104. The number of hydrogen-bond donors (Lipinski definition) is 3. The summed E-state index contributed by atoms with van der Waals surface area (Å²) < 4.78 is 4.88. The van der Waals surface area contributed by atoms with Crippen molar-refractivity contribution in [3.8, 4) is 0 Å². The van der Waals surface area contributed by atoms with Crippen LogP contribution in [0.25, 0.3) is 21.8 Å². The van der Waals surface area contributed by atoms with Crippen LogP contribution in [0.3, 0.4) is 0 Å². The number of aliphatic hydroxyl groups is 1. The Bertz CT molecular complexity index is 909. The van der Waals surface area contributed by atoms with E-state index in [1.165, 1.54) is 0 Å². The van der Waals surface area contributed by atoms with Crippen LogP contribution in [0.5, 0.6) is 0 Å². The molecule has 0 radical (unpaired) electrons. The summed E-state index contributed by atoms with van der Waals surface area (Å²) in [5.41, 5.74) is 3.69. The first-order chi connectivity index (χ1) is 11.7. The van der Waals surface area contributed by atoms with E-state index >= 15 is 0 Å². The highest BCUT2D eigenvalue weighted by Crippen LogP contribution is 2.28. The predicted molar refractivity (Wildman–Crippen MR) is 95.4 cm³/mol. The summed E-state index contributed by atoms with van der Waals surface area (Å²) in [7, 11) is 1.81. The van der Waals surface area contributed by atoms with Crippen molar-refractivity contribution in [1.82, 2.24) is 4.98 Å². The zero-order valence-electron chi connectivity index (χ0n) is 13.6. The smallest absolute Gasteiger partial charge is 0.411 e. The van der Waals surface area contributed by atoms with Crippen LogP contribution in [0.1, 0.15) is 12.5 Å². The molecule has 6 nitrogen and oxygen atoms in total. The third kappa shape index (κ3) is 2.96. The van der Waals surface area contributed by atoms with Gasteiger partial charge < -0.3 is 15.2 Å². The molecule has 2 aromatic carbocycles. The Morgan fingerprint density at radius 2 is 2.00 bits per heavy atom. The van der Waals surface area contributed by atoms with E-state index in [4.69, 9.17) is 4.74 Å². The Hall–Kier alpha value is -2.86. The van der Waals surface area contributed by atoms with Gasteiger partial charge in [0, 0.05) is 34.8 Å². The summed E-state index contributed by atoms with van der Waals surface area (Å²) in [5, 5.41) is 17.3. The van der Waals surface area contributed by atoms with E-state index < -0.39 is 6.09 Å². The van der Waals surface area contributed by atoms with E-state index in [-0.39, 0.29) is 6.61 Å². The number of nitrogens with zero attached hydrogens (tertiary/aromatic N) is 1. The molecule has 0 fully saturated rings. The van der Waals surface area contributed by atoms with Gasteiger partial charge >= 0.3 is 6.09 Å². The average molecular weight is 325 g/mol. The van der Waals surface area contributed by atoms with E-state index in [1.54, 1.807) is 13.0 Å². The fourth-order valence-corrected chi connectivity index (χ4v) is 2.71. The third-order valence-electron chi connectivity index (χ3n) is 3.84. The summed E-state index contributed by atoms with van der Waals surface area (Å²) in [5.74, 6) is 0. The average Bonchev–Trinajstić information content (AvgIpc) is 2.59. The summed E-state index contributed by atoms with van der Waals surface area (Å²) >= 11 is 0. The van der Waals surface area contributed by atoms with Gasteiger partial charge in [0.05, 0.1) is 24.2 Å². The van der Waals surface area contributed by atoms with Crippen molar-refractivity contribution < 1.29 is 14.6 Å². The Morgan fingerprint density at radius 1 is 1.21 bits per heavy atom. The van der Waals surface area contributed by atoms with Gasteiger partial charge in [-0.25, -0.2) is 9.78 Å². The number of pyridine rings is 1. The molecule has 0 aliphatic carbocycles. The lowest BCUT2D eigenvalue weighted by Crippen LogP contribution is -2.13. The number of aliphatic hydroxyl groups excluding tert-OH is 1. The molecule has 0 spiro atoms. The van der Waals surface area contributed by atoms with Crippen LogP contribution in [0.4, 0.5) is 16.2 Å². The molecule has 1 heterocycles. The van der Waals surface area contributed by atoms with Gasteiger partial charge in [0.25, 0.3) is 0 Å². The number of carbonyl (C=O) groups excluding carboxylic acids is 1. The van der Waals surface area contributed by atoms with Crippen LogP contribution in [-0.4, -0.2) is 29.8 Å². The van der Waals surface area contributed by atoms with Crippen molar-refractivity contribution in [3.63, 3.8) is 0 Å². The molecular weight excluding hydrogens is 306 g/mol. The number of fused-ring (bicyclic) bond motifs is 2. The van der Waals surface area contributed by atoms with E-state index in [9.17, 15) is 9.90 Å². The van der Waals surface area contributed by atoms with Gasteiger partial charge in [-0.05, 0) is 31.2 Å². The Labute approximate surface area is 139 Å². The third-order valence-corrected chi connectivity index (χ3v) is 3.84. The summed E-state index contributed by atoms with van der Waals surface area (Å²) in [6, 6.07) is 11.4. The largest absolute Gasteiger partial charge is 0.450 e. The maximum Gasteiger partial charge on any atom is 0.411 e. The second-order valence-corrected chi connectivity index (χ2v) is 5.31. The highest BCUT2D eigenvalue weighted by atomic mass is 16.5. The van der Waals surface area contributed by atoms with Crippen LogP contribution < -0.4 is 10.6 Å². The standard InChI is InChI=1S/C18H19N3O3/c1-3-24-18(23)20-13-6-4-11-8-12-5-7-15(19-2)14(10-22)17(12)21-16(11)9-13/h4-9,19,22H,3,10H2,1-2H3,(H,20,23). The van der Waals surface area contributed by atoms with Gasteiger partial charge in [-0.15, -0.1) is 0 Å². The molecule has 124 valence electrons. The number of rotatable bonds is 4.